The summed E-state index contributed by atoms with van der Waals surface area (Å²) in [7, 11) is 0. The lowest BCUT2D eigenvalue weighted by molar-refractivity contribution is 0.0952. The number of aromatic nitrogens is 2. The van der Waals surface area contributed by atoms with Crippen LogP contribution >= 0.6 is 11.6 Å². The zero-order chi connectivity index (χ0) is 13.8. The lowest BCUT2D eigenvalue weighted by atomic mass is 10.1. The molecule has 100 valence electrons. The van der Waals surface area contributed by atoms with Crippen LogP contribution in [0.1, 0.15) is 29.4 Å². The number of nitrogens with two attached hydrogens (primary N) is 1. The molecule has 0 unspecified atom stereocenters. The van der Waals surface area contributed by atoms with Crippen LogP contribution in [0.5, 0.6) is 0 Å². The van der Waals surface area contributed by atoms with E-state index < -0.39 is 0 Å². The van der Waals surface area contributed by atoms with Crippen LogP contribution in [0.4, 0.5) is 0 Å². The molecule has 0 atom stereocenters. The van der Waals surface area contributed by atoms with Crippen molar-refractivity contribution in [2.24, 2.45) is 5.84 Å². The average molecular weight is 279 g/mol. The molecule has 0 spiro atoms. The van der Waals surface area contributed by atoms with Crippen molar-refractivity contribution in [3.05, 3.63) is 46.7 Å². The topological polar surface area (TPSA) is 72.9 Å². The number of rotatable bonds is 4. The Kier molecular flexibility index (Phi) is 4.19. The van der Waals surface area contributed by atoms with Crippen LogP contribution in [-0.2, 0) is 6.42 Å². The predicted octanol–water partition coefficient (Wildman–Crippen LogP) is 2.08. The summed E-state index contributed by atoms with van der Waals surface area (Å²) in [5.74, 6) is 4.85. The molecule has 2 rings (SSSR count). The van der Waals surface area contributed by atoms with Crippen molar-refractivity contribution in [3.63, 3.8) is 0 Å². The van der Waals surface area contributed by atoms with Crippen molar-refractivity contribution in [2.45, 2.75) is 19.8 Å². The van der Waals surface area contributed by atoms with E-state index in [0.29, 0.717) is 10.6 Å². The first-order valence-electron chi connectivity index (χ1n) is 6.01. The quantitative estimate of drug-likeness (QED) is 0.511. The summed E-state index contributed by atoms with van der Waals surface area (Å²) in [6.45, 7) is 2.04. The van der Waals surface area contributed by atoms with Gasteiger partial charge in [0.2, 0.25) is 0 Å². The van der Waals surface area contributed by atoms with Crippen LogP contribution < -0.4 is 11.3 Å². The summed E-state index contributed by atoms with van der Waals surface area (Å²) in [6.07, 6.45) is 3.18. The third kappa shape index (κ3) is 2.77. The maximum Gasteiger partial charge on any atom is 0.268 e. The fourth-order valence-electron chi connectivity index (χ4n) is 1.92. The minimum absolute atomic E-state index is 0.330. The van der Waals surface area contributed by atoms with E-state index in [1.54, 1.807) is 16.8 Å². The van der Waals surface area contributed by atoms with Gasteiger partial charge in [-0.3, -0.25) is 10.2 Å². The van der Waals surface area contributed by atoms with Gasteiger partial charge in [0.25, 0.3) is 5.91 Å². The first-order chi connectivity index (χ1) is 9.17. The van der Waals surface area contributed by atoms with E-state index in [2.05, 4.69) is 10.5 Å². The van der Waals surface area contributed by atoms with Gasteiger partial charge >= 0.3 is 0 Å². The van der Waals surface area contributed by atoms with Crippen LogP contribution in [0.25, 0.3) is 5.69 Å². The highest BCUT2D eigenvalue weighted by Crippen LogP contribution is 2.18. The van der Waals surface area contributed by atoms with Crippen molar-refractivity contribution in [2.75, 3.05) is 0 Å². The smallest absolute Gasteiger partial charge is 0.268 e. The van der Waals surface area contributed by atoms with E-state index in [1.807, 2.05) is 19.1 Å². The molecule has 5 nitrogen and oxygen atoms in total. The fraction of sp³-hybridized carbons (Fsp3) is 0.231. The number of nitrogen functional groups attached to an aromatic ring is 1. The van der Waals surface area contributed by atoms with Crippen molar-refractivity contribution in [1.29, 1.82) is 0 Å². The Balaban J connectivity index is 2.48. The molecule has 2 aromatic rings. The zero-order valence-electron chi connectivity index (χ0n) is 10.6. The molecule has 1 amide bonds. The largest absolute Gasteiger partial charge is 0.290 e. The standard InChI is InChI=1S/C13H15ClN4O/c1-2-3-12-11(13(19)17-15)8-16-18(12)10-6-4-9(14)5-7-10/h4-8H,2-3,15H2,1H3,(H,17,19). The second kappa shape index (κ2) is 5.86. The minimum atomic E-state index is -0.330. The predicted molar refractivity (Wildman–Crippen MR) is 74.2 cm³/mol. The molecular formula is C13H15ClN4O. The van der Waals surface area contributed by atoms with Gasteiger partial charge in [-0.25, -0.2) is 10.5 Å². The van der Waals surface area contributed by atoms with Gasteiger partial charge in [-0.15, -0.1) is 0 Å². The molecule has 19 heavy (non-hydrogen) atoms. The minimum Gasteiger partial charge on any atom is -0.290 e. The van der Waals surface area contributed by atoms with Crippen LogP contribution in [-0.4, -0.2) is 15.7 Å². The van der Waals surface area contributed by atoms with Gasteiger partial charge < -0.3 is 0 Å². The van der Waals surface area contributed by atoms with Gasteiger partial charge in [-0.1, -0.05) is 24.9 Å². The van der Waals surface area contributed by atoms with Crippen LogP contribution in [0, 0.1) is 0 Å². The number of halogens is 1. The summed E-state index contributed by atoms with van der Waals surface area (Å²) < 4.78 is 1.74. The SMILES string of the molecule is CCCc1c(C(=O)NN)cnn1-c1ccc(Cl)cc1. The van der Waals surface area contributed by atoms with E-state index in [9.17, 15) is 4.79 Å². The van der Waals surface area contributed by atoms with E-state index in [1.165, 1.54) is 6.20 Å². The monoisotopic (exact) mass is 278 g/mol. The third-order valence-electron chi connectivity index (χ3n) is 2.80. The molecule has 0 saturated carbocycles. The lowest BCUT2D eigenvalue weighted by Crippen LogP contribution is -2.30. The Morgan fingerprint density at radius 3 is 2.68 bits per heavy atom. The van der Waals surface area contributed by atoms with Gasteiger partial charge in [-0.05, 0) is 30.7 Å². The van der Waals surface area contributed by atoms with Gasteiger partial charge in [0.15, 0.2) is 0 Å². The van der Waals surface area contributed by atoms with Crippen LogP contribution in [0.2, 0.25) is 5.02 Å². The first-order valence-corrected chi connectivity index (χ1v) is 6.39. The van der Waals surface area contributed by atoms with Crippen LogP contribution in [0.15, 0.2) is 30.5 Å². The lowest BCUT2D eigenvalue weighted by Gasteiger charge is -2.08. The Morgan fingerprint density at radius 1 is 1.42 bits per heavy atom. The maximum atomic E-state index is 11.7. The number of benzene rings is 1. The summed E-state index contributed by atoms with van der Waals surface area (Å²) >= 11 is 5.87. The van der Waals surface area contributed by atoms with Crippen LogP contribution in [0.3, 0.4) is 0 Å². The van der Waals surface area contributed by atoms with Crippen molar-refractivity contribution in [3.8, 4) is 5.69 Å². The molecule has 0 bridgehead atoms. The molecule has 6 heteroatoms. The Morgan fingerprint density at radius 2 is 2.11 bits per heavy atom. The van der Waals surface area contributed by atoms with Gasteiger partial charge in [-0.2, -0.15) is 5.10 Å². The molecule has 3 N–H and O–H groups in total. The Labute approximate surface area is 116 Å². The number of carbonyl (C=O) groups excluding carboxylic acids is 1. The maximum absolute atomic E-state index is 11.7. The van der Waals surface area contributed by atoms with E-state index in [-0.39, 0.29) is 5.91 Å². The average Bonchev–Trinajstić information content (AvgIpc) is 2.83. The Bertz CT molecular complexity index is 577. The molecule has 0 aliphatic carbocycles. The molecule has 1 aromatic heterocycles. The number of hydrogen-bond donors (Lipinski definition) is 2. The third-order valence-corrected chi connectivity index (χ3v) is 3.05. The van der Waals surface area contributed by atoms with E-state index in [0.717, 1.165) is 24.2 Å². The number of carbonyl (C=O) groups is 1. The van der Waals surface area contributed by atoms with Crippen molar-refractivity contribution >= 4 is 17.5 Å². The summed E-state index contributed by atoms with van der Waals surface area (Å²) in [5.41, 5.74) is 4.35. The molecule has 0 fully saturated rings. The number of nitrogens with zero attached hydrogens (tertiary/aromatic N) is 2. The summed E-state index contributed by atoms with van der Waals surface area (Å²) in [5, 5.41) is 4.92. The number of amides is 1. The number of nitrogens with one attached hydrogen (secondary N) is 1. The Hall–Kier alpha value is -1.85. The molecule has 0 saturated heterocycles. The van der Waals surface area contributed by atoms with E-state index >= 15 is 0 Å². The normalized spacial score (nSPS) is 10.5. The molecule has 0 aliphatic heterocycles. The second-order valence-corrected chi connectivity index (χ2v) is 4.55. The molecule has 1 aromatic carbocycles. The molecule has 1 heterocycles. The first kappa shape index (κ1) is 13.6. The van der Waals surface area contributed by atoms with Crippen molar-refractivity contribution < 1.29 is 4.79 Å². The summed E-state index contributed by atoms with van der Waals surface area (Å²) in [4.78, 5) is 11.7. The van der Waals surface area contributed by atoms with Crippen molar-refractivity contribution in [1.82, 2.24) is 15.2 Å². The van der Waals surface area contributed by atoms with Gasteiger partial charge in [0.05, 0.1) is 23.1 Å². The molecule has 0 radical (unpaired) electrons. The second-order valence-electron chi connectivity index (χ2n) is 4.12. The van der Waals surface area contributed by atoms with Gasteiger partial charge in [0, 0.05) is 5.02 Å². The number of hydrogen-bond acceptors (Lipinski definition) is 3. The fourth-order valence-corrected chi connectivity index (χ4v) is 2.05. The molecule has 0 aliphatic rings. The molecular weight excluding hydrogens is 264 g/mol. The summed E-state index contributed by atoms with van der Waals surface area (Å²) in [6, 6.07) is 7.30. The zero-order valence-corrected chi connectivity index (χ0v) is 11.3. The number of hydrazine groups is 1. The highest BCUT2D eigenvalue weighted by Gasteiger charge is 2.16. The highest BCUT2D eigenvalue weighted by atomic mass is 35.5. The van der Waals surface area contributed by atoms with E-state index in [4.69, 9.17) is 17.4 Å². The van der Waals surface area contributed by atoms with Gasteiger partial charge in [0.1, 0.15) is 0 Å². The highest BCUT2D eigenvalue weighted by molar-refractivity contribution is 6.30.